The molecule has 33 heavy (non-hydrogen) atoms. The van der Waals surface area contributed by atoms with Gasteiger partial charge in [0, 0.05) is 5.92 Å². The Balaban J connectivity index is 1.80. The van der Waals surface area contributed by atoms with Gasteiger partial charge in [-0.1, -0.05) is 109 Å². The van der Waals surface area contributed by atoms with Crippen LogP contribution >= 0.6 is 0 Å². The van der Waals surface area contributed by atoms with Crippen LogP contribution in [0.5, 0.6) is 0 Å². The lowest BCUT2D eigenvalue weighted by Gasteiger charge is -2.37. The smallest absolute Gasteiger partial charge is 0.297 e. The van der Waals surface area contributed by atoms with Crippen LogP contribution in [-0.2, 0) is 19.9 Å². The van der Waals surface area contributed by atoms with Crippen LogP contribution in [0, 0.1) is 6.92 Å². The minimum absolute atomic E-state index is 0.0551. The SMILES string of the molecule is Cc1ccc(S(=O)(=O)OCC(O)(c2ccccc2)C(c2ccccc2)c2ccccc2)cc1. The predicted octanol–water partition coefficient (Wildman–Crippen LogP) is 5.42. The number of rotatable bonds is 8. The zero-order valence-electron chi connectivity index (χ0n) is 18.3. The summed E-state index contributed by atoms with van der Waals surface area (Å²) in [6.45, 7) is 1.44. The quantitative estimate of drug-likeness (QED) is 0.358. The third-order valence-electron chi connectivity index (χ3n) is 5.76. The summed E-state index contributed by atoms with van der Waals surface area (Å²) in [5, 5.41) is 12.2. The molecule has 1 unspecified atom stereocenters. The van der Waals surface area contributed by atoms with Crippen LogP contribution in [0.15, 0.2) is 120 Å². The molecule has 0 bridgehead atoms. The summed E-state index contributed by atoms with van der Waals surface area (Å²) in [7, 11) is -4.08. The lowest BCUT2D eigenvalue weighted by atomic mass is 9.74. The van der Waals surface area contributed by atoms with E-state index in [2.05, 4.69) is 0 Å². The minimum atomic E-state index is -4.08. The summed E-state index contributed by atoms with van der Waals surface area (Å²) >= 11 is 0. The Bertz CT molecular complexity index is 1230. The van der Waals surface area contributed by atoms with Crippen molar-refractivity contribution in [3.63, 3.8) is 0 Å². The summed E-state index contributed by atoms with van der Waals surface area (Å²) in [5.41, 5.74) is 1.57. The molecule has 1 N–H and O–H groups in total. The molecule has 4 rings (SSSR count). The molecule has 0 saturated carbocycles. The molecule has 4 nitrogen and oxygen atoms in total. The van der Waals surface area contributed by atoms with E-state index in [0.717, 1.165) is 16.7 Å². The highest BCUT2D eigenvalue weighted by Gasteiger charge is 2.42. The molecule has 1 atom stereocenters. The van der Waals surface area contributed by atoms with Crippen molar-refractivity contribution in [2.24, 2.45) is 0 Å². The molecule has 4 aromatic carbocycles. The van der Waals surface area contributed by atoms with Crippen molar-refractivity contribution in [2.45, 2.75) is 23.3 Å². The molecule has 0 aliphatic carbocycles. The number of aryl methyl sites for hydroxylation is 1. The van der Waals surface area contributed by atoms with Crippen LogP contribution in [0.2, 0.25) is 0 Å². The van der Waals surface area contributed by atoms with Crippen molar-refractivity contribution >= 4 is 10.1 Å². The second kappa shape index (κ2) is 9.71. The molecule has 0 aromatic heterocycles. The molecule has 0 heterocycles. The van der Waals surface area contributed by atoms with Gasteiger partial charge in [-0.3, -0.25) is 4.18 Å². The van der Waals surface area contributed by atoms with Crippen molar-refractivity contribution in [2.75, 3.05) is 6.61 Å². The van der Waals surface area contributed by atoms with Gasteiger partial charge >= 0.3 is 0 Å². The largest absolute Gasteiger partial charge is 0.382 e. The molecule has 0 aliphatic rings. The first-order valence-electron chi connectivity index (χ1n) is 10.7. The van der Waals surface area contributed by atoms with Gasteiger partial charge in [-0.15, -0.1) is 0 Å². The summed E-state index contributed by atoms with van der Waals surface area (Å²) < 4.78 is 31.5. The first kappa shape index (κ1) is 22.9. The maximum atomic E-state index is 13.0. The molecular weight excluding hydrogens is 432 g/mol. The van der Waals surface area contributed by atoms with E-state index in [9.17, 15) is 13.5 Å². The number of aliphatic hydroxyl groups is 1. The van der Waals surface area contributed by atoms with E-state index in [1.807, 2.05) is 85.8 Å². The van der Waals surface area contributed by atoms with E-state index < -0.39 is 28.2 Å². The van der Waals surface area contributed by atoms with Crippen molar-refractivity contribution in [1.82, 2.24) is 0 Å². The van der Waals surface area contributed by atoms with Crippen LogP contribution in [0.1, 0.15) is 28.2 Å². The molecule has 0 fully saturated rings. The topological polar surface area (TPSA) is 63.6 Å². The predicted molar refractivity (Wildman–Crippen MR) is 129 cm³/mol. The Labute approximate surface area is 195 Å². The van der Waals surface area contributed by atoms with E-state index in [0.29, 0.717) is 5.56 Å². The zero-order valence-corrected chi connectivity index (χ0v) is 19.2. The monoisotopic (exact) mass is 458 g/mol. The molecule has 0 amide bonds. The van der Waals surface area contributed by atoms with E-state index in [-0.39, 0.29) is 4.90 Å². The Morgan fingerprint density at radius 1 is 0.727 bits per heavy atom. The van der Waals surface area contributed by atoms with Crippen LogP contribution in [0.4, 0.5) is 0 Å². The molecule has 4 aromatic rings. The van der Waals surface area contributed by atoms with E-state index in [1.54, 1.807) is 24.3 Å². The number of benzene rings is 4. The van der Waals surface area contributed by atoms with E-state index in [4.69, 9.17) is 4.18 Å². The normalized spacial score (nSPS) is 13.5. The Morgan fingerprint density at radius 2 is 1.18 bits per heavy atom. The van der Waals surface area contributed by atoms with Gasteiger partial charge in [-0.05, 0) is 35.7 Å². The lowest BCUT2D eigenvalue weighted by molar-refractivity contribution is -0.0222. The fraction of sp³-hybridized carbons (Fsp3) is 0.143. The van der Waals surface area contributed by atoms with E-state index >= 15 is 0 Å². The second-order valence-electron chi connectivity index (χ2n) is 8.07. The van der Waals surface area contributed by atoms with Gasteiger partial charge in [-0.25, -0.2) is 0 Å². The summed E-state index contributed by atoms with van der Waals surface area (Å²) in [4.78, 5) is 0.0551. The van der Waals surface area contributed by atoms with Crippen LogP contribution < -0.4 is 0 Å². The Morgan fingerprint density at radius 3 is 1.67 bits per heavy atom. The first-order chi connectivity index (χ1) is 15.9. The average molecular weight is 459 g/mol. The van der Waals surface area contributed by atoms with Gasteiger partial charge in [0.25, 0.3) is 10.1 Å². The third kappa shape index (κ3) is 5.06. The molecule has 0 spiro atoms. The molecule has 0 radical (unpaired) electrons. The summed E-state index contributed by atoms with van der Waals surface area (Å²) in [5.74, 6) is -0.560. The van der Waals surface area contributed by atoms with Gasteiger partial charge in [-0.2, -0.15) is 8.42 Å². The maximum Gasteiger partial charge on any atom is 0.297 e. The third-order valence-corrected chi connectivity index (χ3v) is 7.04. The van der Waals surface area contributed by atoms with Crippen LogP contribution in [0.25, 0.3) is 0 Å². The highest BCUT2D eigenvalue weighted by molar-refractivity contribution is 7.86. The van der Waals surface area contributed by atoms with Crippen molar-refractivity contribution in [1.29, 1.82) is 0 Å². The van der Waals surface area contributed by atoms with Gasteiger partial charge in [0.2, 0.25) is 0 Å². The molecule has 168 valence electrons. The minimum Gasteiger partial charge on any atom is -0.382 e. The molecule has 5 heteroatoms. The average Bonchev–Trinajstić information content (AvgIpc) is 2.85. The first-order valence-corrected chi connectivity index (χ1v) is 12.1. The van der Waals surface area contributed by atoms with Crippen molar-refractivity contribution in [3.8, 4) is 0 Å². The van der Waals surface area contributed by atoms with Gasteiger partial charge < -0.3 is 5.11 Å². The highest BCUT2D eigenvalue weighted by Crippen LogP contribution is 2.42. The number of hydrogen-bond donors (Lipinski definition) is 1. The summed E-state index contributed by atoms with van der Waals surface area (Å²) in [6, 6.07) is 34.7. The second-order valence-corrected chi connectivity index (χ2v) is 9.69. The molecule has 0 aliphatic heterocycles. The van der Waals surface area contributed by atoms with Gasteiger partial charge in [0.05, 0.1) is 4.90 Å². The Hall–Kier alpha value is -3.25. The fourth-order valence-corrected chi connectivity index (χ4v) is 4.98. The molecular formula is C28H26O4S. The Kier molecular flexibility index (Phi) is 6.75. The maximum absolute atomic E-state index is 13.0. The lowest BCUT2D eigenvalue weighted by Crippen LogP contribution is -2.40. The summed E-state index contributed by atoms with van der Waals surface area (Å²) in [6.07, 6.45) is 0. The number of hydrogen-bond acceptors (Lipinski definition) is 4. The van der Waals surface area contributed by atoms with Gasteiger partial charge in [0.15, 0.2) is 0 Å². The van der Waals surface area contributed by atoms with Crippen LogP contribution in [-0.4, -0.2) is 20.1 Å². The standard InChI is InChI=1S/C28H26O4S/c1-22-17-19-26(20-18-22)33(30,31)32-21-28(29,25-15-9-4-10-16-25)27(23-11-5-2-6-12-23)24-13-7-3-8-14-24/h2-20,27,29H,21H2,1H3. The van der Waals surface area contributed by atoms with E-state index in [1.165, 1.54) is 12.1 Å². The zero-order chi connectivity index (χ0) is 23.3. The van der Waals surface area contributed by atoms with Crippen molar-refractivity contribution in [3.05, 3.63) is 138 Å². The van der Waals surface area contributed by atoms with Crippen molar-refractivity contribution < 1.29 is 17.7 Å². The van der Waals surface area contributed by atoms with Gasteiger partial charge in [0.1, 0.15) is 12.2 Å². The highest BCUT2D eigenvalue weighted by atomic mass is 32.2. The molecule has 0 saturated heterocycles. The fourth-order valence-electron chi connectivity index (χ4n) is 4.04. The van der Waals surface area contributed by atoms with Crippen LogP contribution in [0.3, 0.4) is 0 Å².